The van der Waals surface area contributed by atoms with Crippen molar-refractivity contribution in [3.05, 3.63) is 121 Å². The molecular weight excluding hydrogens is 638 g/mol. The van der Waals surface area contributed by atoms with Gasteiger partial charge in [0.25, 0.3) is 7.37 Å². The van der Waals surface area contributed by atoms with E-state index in [-0.39, 0.29) is 11.9 Å². The van der Waals surface area contributed by atoms with Gasteiger partial charge in [0.15, 0.2) is 0 Å². The summed E-state index contributed by atoms with van der Waals surface area (Å²) >= 11 is 0. The number of phenolic OH excluding ortho intramolecular Hbond substituents is 1. The van der Waals surface area contributed by atoms with Gasteiger partial charge in [-0.1, -0.05) is 78.9 Å². The fraction of sp³-hybridized carbons (Fsp3) is 0.111. The Kier molecular flexibility index (Phi) is 8.54. The van der Waals surface area contributed by atoms with Gasteiger partial charge < -0.3 is 24.4 Å². The Morgan fingerprint density at radius 2 is 1.17 bits per heavy atom. The topological polar surface area (TPSA) is 147 Å². The third-order valence-electron chi connectivity index (χ3n) is 8.00. The first kappa shape index (κ1) is 31.9. The van der Waals surface area contributed by atoms with Crippen LogP contribution in [0.1, 0.15) is 12.0 Å². The van der Waals surface area contributed by atoms with Gasteiger partial charge in [0, 0.05) is 11.1 Å². The minimum atomic E-state index is -3.55. The van der Waals surface area contributed by atoms with E-state index in [0.29, 0.717) is 27.4 Å². The van der Waals surface area contributed by atoms with E-state index >= 15 is 0 Å². The van der Waals surface area contributed by atoms with Crippen LogP contribution in [0.3, 0.4) is 0 Å². The average molecular weight is 669 g/mol. The normalized spacial score (nSPS) is 19.1. The standard InChI is InChI=1S/C19H15O3P.C17H15O6P/c1-13-10-11-16(20)19(12-13)23(21)18-9-5-3-7-15(18)14-6-2-4-8-17(14)22-23;18-16(19)9-11(17(20)21)10-24(22)15-8-4-2-6-13(15)12-5-1-3-7-14(12)23-24/h2-12,20H,1H3;1-8,11H,9-10H2,(H,18,19)(H,20,21). The van der Waals surface area contributed by atoms with Gasteiger partial charge in [0.2, 0.25) is 0 Å². The van der Waals surface area contributed by atoms with E-state index in [1.165, 1.54) is 0 Å². The predicted molar refractivity (Wildman–Crippen MR) is 180 cm³/mol. The number of fused-ring (bicyclic) bond motifs is 6. The summed E-state index contributed by atoms with van der Waals surface area (Å²) < 4.78 is 38.9. The van der Waals surface area contributed by atoms with Gasteiger partial charge in [-0.25, -0.2) is 0 Å². The lowest BCUT2D eigenvalue weighted by atomic mass is 10.0. The number of hydrogen-bond acceptors (Lipinski definition) is 7. The van der Waals surface area contributed by atoms with Crippen LogP contribution in [0, 0.1) is 12.8 Å². The fourth-order valence-corrected chi connectivity index (χ4v) is 10.8. The van der Waals surface area contributed by atoms with Crippen LogP contribution in [0.4, 0.5) is 0 Å². The van der Waals surface area contributed by atoms with E-state index in [9.17, 15) is 28.9 Å². The first-order chi connectivity index (χ1) is 22.5. The van der Waals surface area contributed by atoms with Crippen LogP contribution in [-0.4, -0.2) is 33.4 Å². The second kappa shape index (κ2) is 12.6. The fourth-order valence-electron chi connectivity index (χ4n) is 5.80. The molecule has 0 amide bonds. The van der Waals surface area contributed by atoms with Crippen LogP contribution in [0.25, 0.3) is 22.3 Å². The smallest absolute Gasteiger partial charge is 0.311 e. The van der Waals surface area contributed by atoms with E-state index in [2.05, 4.69) is 0 Å². The zero-order valence-electron chi connectivity index (χ0n) is 25.1. The third kappa shape index (κ3) is 6.08. The van der Waals surface area contributed by atoms with Crippen LogP contribution < -0.4 is 25.0 Å². The van der Waals surface area contributed by atoms with E-state index in [4.69, 9.17) is 14.2 Å². The van der Waals surface area contributed by atoms with E-state index in [1.807, 2.05) is 67.6 Å². The van der Waals surface area contributed by atoms with Crippen LogP contribution in [0.5, 0.6) is 17.2 Å². The van der Waals surface area contributed by atoms with E-state index in [0.717, 1.165) is 27.8 Å². The summed E-state index contributed by atoms with van der Waals surface area (Å²) in [6.07, 6.45) is -0.966. The number of rotatable bonds is 6. The lowest BCUT2D eigenvalue weighted by molar-refractivity contribution is -0.147. The van der Waals surface area contributed by atoms with Crippen molar-refractivity contribution in [2.75, 3.05) is 6.16 Å². The Balaban J connectivity index is 0.000000164. The number of para-hydroxylation sites is 2. The van der Waals surface area contributed by atoms with Crippen LogP contribution in [-0.2, 0) is 18.7 Å². The molecule has 9 nitrogen and oxygen atoms in total. The largest absolute Gasteiger partial charge is 0.507 e. The third-order valence-corrected chi connectivity index (χ3v) is 13.0. The first-order valence-electron chi connectivity index (χ1n) is 14.7. The average Bonchev–Trinajstić information content (AvgIpc) is 3.06. The van der Waals surface area contributed by atoms with Gasteiger partial charge >= 0.3 is 19.3 Å². The highest BCUT2D eigenvalue weighted by Gasteiger charge is 2.41. The number of carboxylic acid groups (broad SMARTS) is 2. The van der Waals surface area contributed by atoms with Crippen LogP contribution in [0.2, 0.25) is 0 Å². The van der Waals surface area contributed by atoms with E-state index in [1.54, 1.807) is 54.6 Å². The number of carboxylic acids is 2. The molecule has 3 atom stereocenters. The van der Waals surface area contributed by atoms with Crippen molar-refractivity contribution in [3.8, 4) is 39.5 Å². The molecular formula is C36H30O9P2. The molecule has 238 valence electrons. The summed E-state index contributed by atoms with van der Waals surface area (Å²) in [5.41, 5.74) is 4.24. The summed E-state index contributed by atoms with van der Waals surface area (Å²) in [4.78, 5) is 22.3. The molecule has 2 aliphatic rings. The molecule has 0 aromatic heterocycles. The number of aliphatic carboxylic acids is 2. The maximum Gasteiger partial charge on any atom is 0.311 e. The molecule has 2 aliphatic heterocycles. The quantitative estimate of drug-likeness (QED) is 0.166. The number of carbonyl (C=O) groups is 2. The highest BCUT2D eigenvalue weighted by atomic mass is 31.2. The molecule has 0 radical (unpaired) electrons. The Morgan fingerprint density at radius 3 is 1.77 bits per heavy atom. The maximum absolute atomic E-state index is 13.8. The van der Waals surface area contributed by atoms with Gasteiger partial charge in [0.05, 0.1) is 34.4 Å². The molecule has 5 aromatic rings. The summed E-state index contributed by atoms with van der Waals surface area (Å²) in [5.74, 6) is -2.85. The van der Waals surface area contributed by atoms with Crippen molar-refractivity contribution in [2.45, 2.75) is 13.3 Å². The monoisotopic (exact) mass is 668 g/mol. The predicted octanol–water partition coefficient (Wildman–Crippen LogP) is 6.81. The highest BCUT2D eigenvalue weighted by molar-refractivity contribution is 7.75. The Labute approximate surface area is 271 Å². The van der Waals surface area contributed by atoms with Crippen molar-refractivity contribution < 1.29 is 43.1 Å². The number of aromatic hydroxyl groups is 1. The lowest BCUT2D eigenvalue weighted by Gasteiger charge is -2.29. The van der Waals surface area contributed by atoms with Crippen molar-refractivity contribution in [1.29, 1.82) is 0 Å². The molecule has 3 unspecified atom stereocenters. The zero-order chi connectivity index (χ0) is 33.3. The molecule has 0 aliphatic carbocycles. The number of benzene rings is 5. The van der Waals surface area contributed by atoms with Crippen LogP contribution >= 0.6 is 14.7 Å². The highest BCUT2D eigenvalue weighted by Crippen LogP contribution is 2.56. The Bertz CT molecular complexity index is 2120. The molecule has 2 heterocycles. The van der Waals surface area contributed by atoms with Gasteiger partial charge in [-0.2, -0.15) is 0 Å². The van der Waals surface area contributed by atoms with Crippen molar-refractivity contribution in [3.63, 3.8) is 0 Å². The number of phenols is 1. The van der Waals surface area contributed by atoms with Crippen molar-refractivity contribution in [2.24, 2.45) is 5.92 Å². The Morgan fingerprint density at radius 1 is 0.660 bits per heavy atom. The lowest BCUT2D eigenvalue weighted by Crippen LogP contribution is -2.28. The molecule has 0 spiro atoms. The van der Waals surface area contributed by atoms with E-state index < -0.39 is 39.0 Å². The Hall–Kier alpha value is -5.10. The summed E-state index contributed by atoms with van der Waals surface area (Å²) in [5, 5.41) is 29.9. The molecule has 7 rings (SSSR count). The molecule has 0 saturated carbocycles. The van der Waals surface area contributed by atoms with Gasteiger partial charge in [-0.05, 0) is 60.0 Å². The molecule has 47 heavy (non-hydrogen) atoms. The van der Waals surface area contributed by atoms with Crippen LogP contribution in [0.15, 0.2) is 115 Å². The number of hydrogen-bond donors (Lipinski definition) is 3. The second-order valence-corrected chi connectivity index (χ2v) is 15.9. The molecule has 3 N–H and O–H groups in total. The molecule has 5 aromatic carbocycles. The maximum atomic E-state index is 13.8. The SMILES string of the molecule is Cc1ccc(O)c(P2(=O)Oc3ccccc3-c3ccccc32)c1.O=C(O)CC(CP1(=O)Oc2ccccc2-c2ccccc21)C(=O)O. The molecule has 0 fully saturated rings. The van der Waals surface area contributed by atoms with Crippen molar-refractivity contribution >= 4 is 42.6 Å². The van der Waals surface area contributed by atoms with Gasteiger partial charge in [-0.15, -0.1) is 0 Å². The van der Waals surface area contributed by atoms with Crippen molar-refractivity contribution in [1.82, 2.24) is 0 Å². The number of aryl methyl sites for hydroxylation is 1. The minimum absolute atomic E-state index is 0.00637. The minimum Gasteiger partial charge on any atom is -0.507 e. The van der Waals surface area contributed by atoms with Gasteiger partial charge in [-0.3, -0.25) is 18.7 Å². The molecule has 0 bridgehead atoms. The molecule has 11 heteroatoms. The zero-order valence-corrected chi connectivity index (χ0v) is 26.9. The molecule has 0 saturated heterocycles. The summed E-state index contributed by atoms with van der Waals surface area (Å²) in [6, 6.07) is 34.2. The summed E-state index contributed by atoms with van der Waals surface area (Å²) in [7, 11) is -6.95. The first-order valence-corrected chi connectivity index (χ1v) is 18.1. The second-order valence-electron chi connectivity index (χ2n) is 11.2. The van der Waals surface area contributed by atoms with Gasteiger partial charge in [0.1, 0.15) is 17.2 Å². The summed E-state index contributed by atoms with van der Waals surface area (Å²) in [6.45, 7) is 1.90.